The number of nitrogens with zero attached hydrogens (tertiary/aromatic N) is 5. The first-order chi connectivity index (χ1) is 16.8. The van der Waals surface area contributed by atoms with Gasteiger partial charge in [0.15, 0.2) is 0 Å². The Morgan fingerprint density at radius 1 is 1.06 bits per heavy atom. The maximum atomic E-state index is 13.1. The third-order valence-electron chi connectivity index (χ3n) is 6.77. The summed E-state index contributed by atoms with van der Waals surface area (Å²) in [7, 11) is 0. The average molecular weight is 500 g/mol. The third kappa shape index (κ3) is 5.28. The van der Waals surface area contributed by atoms with Gasteiger partial charge in [0.2, 0.25) is 0 Å². The van der Waals surface area contributed by atoms with Crippen LogP contribution in [0.15, 0.2) is 30.3 Å². The highest BCUT2D eigenvalue weighted by atomic mass is 32.1. The summed E-state index contributed by atoms with van der Waals surface area (Å²) in [5.41, 5.74) is 0.552. The normalized spacial score (nSPS) is 23.2. The number of rotatable bonds is 5. The minimum atomic E-state index is -0.490. The van der Waals surface area contributed by atoms with E-state index >= 15 is 0 Å². The lowest BCUT2D eigenvalue weighted by Crippen LogP contribution is -2.41. The number of benzene rings is 1. The molecular weight excluding hydrogens is 466 g/mol. The molecule has 9 nitrogen and oxygen atoms in total. The van der Waals surface area contributed by atoms with Gasteiger partial charge in [-0.05, 0) is 52.0 Å². The van der Waals surface area contributed by atoms with E-state index in [0.29, 0.717) is 26.2 Å². The zero-order chi connectivity index (χ0) is 24.6. The van der Waals surface area contributed by atoms with Gasteiger partial charge in [0.05, 0.1) is 12.1 Å². The monoisotopic (exact) mass is 499 g/mol. The van der Waals surface area contributed by atoms with Gasteiger partial charge in [-0.15, -0.1) is 10.2 Å². The van der Waals surface area contributed by atoms with Crippen LogP contribution in [0.1, 0.15) is 74.0 Å². The molecule has 0 N–H and O–H groups in total. The molecule has 3 aliphatic heterocycles. The number of aromatic nitrogens is 2. The fourth-order valence-corrected chi connectivity index (χ4v) is 6.12. The van der Waals surface area contributed by atoms with Gasteiger partial charge in [0.1, 0.15) is 22.2 Å². The smallest absolute Gasteiger partial charge is 0.410 e. The molecule has 0 spiro atoms. The van der Waals surface area contributed by atoms with Crippen molar-refractivity contribution in [3.05, 3.63) is 45.9 Å². The number of hydrogen-bond acceptors (Lipinski definition) is 7. The molecule has 2 atom stereocenters. The van der Waals surface area contributed by atoms with E-state index in [4.69, 9.17) is 9.57 Å². The van der Waals surface area contributed by atoms with Crippen molar-refractivity contribution in [2.24, 2.45) is 0 Å². The van der Waals surface area contributed by atoms with Crippen molar-refractivity contribution in [3.8, 4) is 0 Å². The molecular formula is C25H33N5O4S. The van der Waals surface area contributed by atoms with E-state index in [-0.39, 0.29) is 30.1 Å². The molecule has 2 aromatic rings. The predicted octanol–water partition coefficient (Wildman–Crippen LogP) is 4.73. The molecule has 3 fully saturated rings. The second kappa shape index (κ2) is 9.73. The SMILES string of the molecule is CC(C)(C)OC(=O)N1CCC(c2nnc([C@@H]3CC[C@@H]4CN3C(=O)N4OCc3ccccc3)s2)CC1. The number of urea groups is 1. The quantitative estimate of drug-likeness (QED) is 0.591. The lowest BCUT2D eigenvalue weighted by molar-refractivity contribution is -0.140. The molecule has 5 rings (SSSR count). The summed E-state index contributed by atoms with van der Waals surface area (Å²) >= 11 is 1.61. The van der Waals surface area contributed by atoms with E-state index in [2.05, 4.69) is 10.2 Å². The van der Waals surface area contributed by atoms with Crippen LogP contribution in [0.3, 0.4) is 0 Å². The third-order valence-corrected chi connectivity index (χ3v) is 7.96. The van der Waals surface area contributed by atoms with Crippen LogP contribution in [0.5, 0.6) is 0 Å². The number of hydroxylamine groups is 2. The zero-order valence-corrected chi connectivity index (χ0v) is 21.4. The largest absolute Gasteiger partial charge is 0.444 e. The number of amides is 3. The molecule has 1 aromatic heterocycles. The van der Waals surface area contributed by atoms with Crippen molar-refractivity contribution < 1.29 is 19.2 Å². The highest BCUT2D eigenvalue weighted by Crippen LogP contribution is 2.41. The Labute approximate surface area is 210 Å². The summed E-state index contributed by atoms with van der Waals surface area (Å²) in [4.78, 5) is 35.1. The molecule has 0 unspecified atom stereocenters. The maximum absolute atomic E-state index is 13.1. The van der Waals surface area contributed by atoms with Gasteiger partial charge >= 0.3 is 12.1 Å². The first-order valence-corrected chi connectivity index (χ1v) is 13.2. The molecule has 3 saturated heterocycles. The van der Waals surface area contributed by atoms with Crippen molar-refractivity contribution in [1.82, 2.24) is 25.1 Å². The zero-order valence-electron chi connectivity index (χ0n) is 20.6. The molecule has 10 heteroatoms. The summed E-state index contributed by atoms with van der Waals surface area (Å²) in [5, 5.41) is 12.4. The number of likely N-dealkylation sites (tertiary alicyclic amines) is 1. The van der Waals surface area contributed by atoms with Gasteiger partial charge in [0, 0.05) is 25.6 Å². The number of carbonyl (C=O) groups is 2. The van der Waals surface area contributed by atoms with Crippen LogP contribution in [-0.2, 0) is 16.2 Å². The van der Waals surface area contributed by atoms with Crippen LogP contribution in [0.4, 0.5) is 9.59 Å². The molecule has 0 saturated carbocycles. The average Bonchev–Trinajstić information content (AvgIpc) is 3.42. The standard InChI is InChI=1S/C25H33N5O4S/c1-25(2,3)34-24(32)28-13-11-18(12-14-28)21-26-27-22(35-21)20-10-9-19-15-29(20)23(31)30(19)33-16-17-7-5-4-6-8-17/h4-8,18-20H,9-16H2,1-3H3/t19-,20+/m1/s1. The Hall–Kier alpha value is -2.72. The van der Waals surface area contributed by atoms with Gasteiger partial charge in [-0.25, -0.2) is 9.59 Å². The van der Waals surface area contributed by atoms with Gasteiger partial charge in [0.25, 0.3) is 0 Å². The Morgan fingerprint density at radius 2 is 1.77 bits per heavy atom. The molecule has 188 valence electrons. The number of piperidine rings is 2. The first-order valence-electron chi connectivity index (χ1n) is 12.4. The first kappa shape index (κ1) is 24.0. The van der Waals surface area contributed by atoms with Crippen molar-refractivity contribution in [2.75, 3.05) is 19.6 Å². The van der Waals surface area contributed by atoms with E-state index < -0.39 is 5.60 Å². The summed E-state index contributed by atoms with van der Waals surface area (Å²) in [6.07, 6.45) is 3.16. The van der Waals surface area contributed by atoms with Gasteiger partial charge in [-0.3, -0.25) is 4.84 Å². The molecule has 1 aromatic carbocycles. The Morgan fingerprint density at radius 3 is 2.49 bits per heavy atom. The van der Waals surface area contributed by atoms with E-state index in [1.165, 1.54) is 0 Å². The number of carbonyl (C=O) groups excluding carboxylic acids is 2. The minimum absolute atomic E-state index is 0.0582. The van der Waals surface area contributed by atoms with E-state index in [9.17, 15) is 9.59 Å². The van der Waals surface area contributed by atoms with Crippen LogP contribution >= 0.6 is 11.3 Å². The summed E-state index contributed by atoms with van der Waals surface area (Å²) in [6, 6.07) is 9.83. The van der Waals surface area contributed by atoms with Crippen LogP contribution in [-0.4, -0.2) is 68.5 Å². The van der Waals surface area contributed by atoms with Crippen molar-refractivity contribution in [1.29, 1.82) is 0 Å². The van der Waals surface area contributed by atoms with E-state index in [0.717, 1.165) is 41.3 Å². The Bertz CT molecular complexity index is 1050. The lowest BCUT2D eigenvalue weighted by Gasteiger charge is -2.32. The molecule has 35 heavy (non-hydrogen) atoms. The fraction of sp³-hybridized carbons (Fsp3) is 0.600. The molecule has 0 radical (unpaired) electrons. The van der Waals surface area contributed by atoms with Gasteiger partial charge in [-0.2, -0.15) is 5.06 Å². The van der Waals surface area contributed by atoms with Crippen LogP contribution in [0.25, 0.3) is 0 Å². The van der Waals surface area contributed by atoms with Crippen LogP contribution in [0, 0.1) is 0 Å². The van der Waals surface area contributed by atoms with Gasteiger partial charge < -0.3 is 14.5 Å². The summed E-state index contributed by atoms with van der Waals surface area (Å²) in [5.74, 6) is 0.274. The van der Waals surface area contributed by atoms with E-state index in [1.54, 1.807) is 21.3 Å². The highest BCUT2D eigenvalue weighted by Gasteiger charge is 2.47. The van der Waals surface area contributed by atoms with Crippen molar-refractivity contribution in [3.63, 3.8) is 0 Å². The second-order valence-corrected chi connectivity index (χ2v) is 11.5. The summed E-state index contributed by atoms with van der Waals surface area (Å²) < 4.78 is 5.50. The van der Waals surface area contributed by atoms with Crippen molar-refractivity contribution in [2.45, 2.75) is 76.7 Å². The van der Waals surface area contributed by atoms with Crippen LogP contribution < -0.4 is 0 Å². The summed E-state index contributed by atoms with van der Waals surface area (Å²) in [6.45, 7) is 7.98. The predicted molar refractivity (Wildman–Crippen MR) is 131 cm³/mol. The molecule has 0 aliphatic carbocycles. The molecule has 2 bridgehead atoms. The topological polar surface area (TPSA) is 88.1 Å². The fourth-order valence-electron chi connectivity index (χ4n) is 4.95. The maximum Gasteiger partial charge on any atom is 0.410 e. The number of fused-ring (bicyclic) bond motifs is 2. The number of ether oxygens (including phenoxy) is 1. The Kier molecular flexibility index (Phi) is 6.67. The Balaban J connectivity index is 1.18. The molecule has 3 aliphatic rings. The highest BCUT2D eigenvalue weighted by molar-refractivity contribution is 7.11. The molecule has 3 amide bonds. The lowest BCUT2D eigenvalue weighted by atomic mass is 9.98. The van der Waals surface area contributed by atoms with Crippen molar-refractivity contribution >= 4 is 23.5 Å². The number of hydrogen-bond donors (Lipinski definition) is 0. The molecule has 4 heterocycles. The van der Waals surface area contributed by atoms with Gasteiger partial charge in [-0.1, -0.05) is 41.7 Å². The second-order valence-electron chi connectivity index (χ2n) is 10.5. The van der Waals surface area contributed by atoms with E-state index in [1.807, 2.05) is 56.0 Å². The minimum Gasteiger partial charge on any atom is -0.444 e. The van der Waals surface area contributed by atoms with Crippen LogP contribution in [0.2, 0.25) is 0 Å².